The van der Waals surface area contributed by atoms with Gasteiger partial charge in [0.2, 0.25) is 0 Å². The van der Waals surface area contributed by atoms with Gasteiger partial charge in [-0.25, -0.2) is 0 Å². The van der Waals surface area contributed by atoms with E-state index in [9.17, 15) is 4.79 Å². The molecule has 0 radical (unpaired) electrons. The lowest BCUT2D eigenvalue weighted by Crippen LogP contribution is -2.28. The van der Waals surface area contributed by atoms with Crippen LogP contribution in [0.2, 0.25) is 0 Å². The third-order valence-corrected chi connectivity index (χ3v) is 2.12. The van der Waals surface area contributed by atoms with Crippen molar-refractivity contribution in [3.8, 4) is 0 Å². The van der Waals surface area contributed by atoms with E-state index in [1.54, 1.807) is 12.1 Å². The highest BCUT2D eigenvalue weighted by molar-refractivity contribution is 6.68. The second kappa shape index (κ2) is 5.64. The quantitative estimate of drug-likeness (QED) is 0.422. The normalized spacial score (nSPS) is 12.4. The number of carbonyl (C=O) groups is 1. The minimum Gasteiger partial charge on any atom is -0.411 e. The molecule has 0 saturated heterocycles. The summed E-state index contributed by atoms with van der Waals surface area (Å²) in [5.74, 6) is -0.647. The molecule has 90 valence electrons. The van der Waals surface area contributed by atoms with Crippen LogP contribution in [0.3, 0.4) is 0 Å². The van der Waals surface area contributed by atoms with Crippen molar-refractivity contribution in [1.82, 2.24) is 0 Å². The van der Waals surface area contributed by atoms with Crippen LogP contribution in [0.4, 0.5) is 5.69 Å². The van der Waals surface area contributed by atoms with Gasteiger partial charge in [0.1, 0.15) is 5.71 Å². The summed E-state index contributed by atoms with van der Waals surface area (Å²) in [5.41, 5.74) is 1.21. The fourth-order valence-electron chi connectivity index (χ4n) is 1.16. The van der Waals surface area contributed by atoms with Gasteiger partial charge in [-0.15, -0.1) is 0 Å². The van der Waals surface area contributed by atoms with E-state index in [-0.39, 0.29) is 11.4 Å². The number of oxime groups is 2. The lowest BCUT2D eigenvalue weighted by atomic mass is 10.2. The number of nitrogens with zero attached hydrogens (tertiary/aromatic N) is 2. The molecule has 1 aromatic rings. The van der Waals surface area contributed by atoms with Crippen molar-refractivity contribution in [2.75, 3.05) is 5.32 Å². The summed E-state index contributed by atoms with van der Waals surface area (Å²) in [6, 6.07) is 7.10. The predicted octanol–water partition coefficient (Wildman–Crippen LogP) is 1.61. The van der Waals surface area contributed by atoms with Crippen LogP contribution in [0, 0.1) is 6.92 Å². The van der Waals surface area contributed by atoms with Crippen molar-refractivity contribution in [1.29, 1.82) is 0 Å². The Morgan fingerprint density at radius 3 is 2.24 bits per heavy atom. The lowest BCUT2D eigenvalue weighted by Gasteiger charge is -2.05. The Balaban J connectivity index is 2.82. The molecule has 0 saturated carbocycles. The number of benzene rings is 1. The van der Waals surface area contributed by atoms with E-state index in [2.05, 4.69) is 15.6 Å². The molecule has 0 aliphatic carbocycles. The number of rotatable bonds is 3. The van der Waals surface area contributed by atoms with Crippen LogP contribution in [0.5, 0.6) is 0 Å². The van der Waals surface area contributed by atoms with E-state index >= 15 is 0 Å². The number of hydrogen-bond acceptors (Lipinski definition) is 5. The number of aryl methyl sites for hydroxylation is 1. The van der Waals surface area contributed by atoms with Gasteiger partial charge in [-0.2, -0.15) is 0 Å². The zero-order chi connectivity index (χ0) is 12.8. The fraction of sp³-hybridized carbons (Fsp3) is 0.182. The van der Waals surface area contributed by atoms with Gasteiger partial charge in [-0.05, 0) is 26.0 Å². The van der Waals surface area contributed by atoms with Crippen molar-refractivity contribution >= 4 is 23.0 Å². The Morgan fingerprint density at radius 1 is 1.18 bits per heavy atom. The maximum Gasteiger partial charge on any atom is 0.279 e. The highest BCUT2D eigenvalue weighted by atomic mass is 16.4. The first-order chi connectivity index (χ1) is 8.08. The summed E-state index contributed by atoms with van der Waals surface area (Å²) in [7, 11) is 0. The maximum absolute atomic E-state index is 11.6. The Bertz CT molecular complexity index is 463. The first kappa shape index (κ1) is 12.7. The number of nitrogens with one attached hydrogen (secondary N) is 1. The summed E-state index contributed by atoms with van der Waals surface area (Å²) in [6.45, 7) is 3.28. The molecule has 0 bridgehead atoms. The van der Waals surface area contributed by atoms with Gasteiger partial charge in [-0.1, -0.05) is 28.0 Å². The molecule has 17 heavy (non-hydrogen) atoms. The van der Waals surface area contributed by atoms with Gasteiger partial charge < -0.3 is 15.7 Å². The van der Waals surface area contributed by atoms with E-state index in [4.69, 9.17) is 10.4 Å². The smallest absolute Gasteiger partial charge is 0.279 e. The molecule has 0 heterocycles. The molecule has 0 spiro atoms. The molecule has 0 fully saturated rings. The average molecular weight is 235 g/mol. The number of carbonyl (C=O) groups excluding carboxylic acids is 1. The van der Waals surface area contributed by atoms with Gasteiger partial charge in [0.25, 0.3) is 5.91 Å². The summed E-state index contributed by atoms with van der Waals surface area (Å²) >= 11 is 0. The van der Waals surface area contributed by atoms with Gasteiger partial charge in [0.15, 0.2) is 5.71 Å². The van der Waals surface area contributed by atoms with Crippen LogP contribution in [-0.2, 0) is 4.79 Å². The van der Waals surface area contributed by atoms with Crippen LogP contribution >= 0.6 is 0 Å². The van der Waals surface area contributed by atoms with Crippen LogP contribution < -0.4 is 5.32 Å². The Kier molecular flexibility index (Phi) is 4.21. The van der Waals surface area contributed by atoms with E-state index in [0.717, 1.165) is 5.56 Å². The SMILES string of the molecule is CC(=NO)C(=NO)C(=O)Nc1ccc(C)cc1. The molecule has 0 aromatic heterocycles. The first-order valence-electron chi connectivity index (χ1n) is 4.87. The van der Waals surface area contributed by atoms with Crippen LogP contribution in [0.25, 0.3) is 0 Å². The van der Waals surface area contributed by atoms with Crippen molar-refractivity contribution in [2.24, 2.45) is 10.3 Å². The van der Waals surface area contributed by atoms with Gasteiger partial charge in [0, 0.05) is 5.69 Å². The summed E-state index contributed by atoms with van der Waals surface area (Å²) in [6.07, 6.45) is 0. The minimum atomic E-state index is -0.647. The molecule has 0 aliphatic rings. The zero-order valence-electron chi connectivity index (χ0n) is 9.51. The summed E-state index contributed by atoms with van der Waals surface area (Å²) in [5, 5.41) is 25.3. The molecular weight excluding hydrogens is 222 g/mol. The molecule has 1 aromatic carbocycles. The van der Waals surface area contributed by atoms with Gasteiger partial charge >= 0.3 is 0 Å². The molecule has 3 N–H and O–H groups in total. The largest absolute Gasteiger partial charge is 0.411 e. The molecular formula is C11H13N3O3. The van der Waals surface area contributed by atoms with Crippen molar-refractivity contribution in [3.63, 3.8) is 0 Å². The standard InChI is InChI=1S/C11H13N3O3/c1-7-3-5-9(6-4-7)12-11(15)10(14-17)8(2)13-16/h3-6,16-17H,1-2H3,(H,12,15). The molecule has 6 heteroatoms. The zero-order valence-corrected chi connectivity index (χ0v) is 9.51. The van der Waals surface area contributed by atoms with E-state index in [1.807, 2.05) is 19.1 Å². The highest BCUT2D eigenvalue weighted by Gasteiger charge is 2.16. The number of anilines is 1. The van der Waals surface area contributed by atoms with Crippen molar-refractivity contribution in [2.45, 2.75) is 13.8 Å². The Labute approximate surface area is 98.3 Å². The van der Waals surface area contributed by atoms with Crippen LogP contribution in [0.15, 0.2) is 34.6 Å². The second-order valence-corrected chi connectivity index (χ2v) is 3.45. The summed E-state index contributed by atoms with van der Waals surface area (Å²) in [4.78, 5) is 11.6. The molecule has 0 unspecified atom stereocenters. The maximum atomic E-state index is 11.6. The number of amides is 1. The third kappa shape index (κ3) is 3.30. The molecule has 0 atom stereocenters. The van der Waals surface area contributed by atoms with E-state index in [1.165, 1.54) is 6.92 Å². The van der Waals surface area contributed by atoms with Crippen molar-refractivity contribution in [3.05, 3.63) is 29.8 Å². The topological polar surface area (TPSA) is 94.3 Å². The van der Waals surface area contributed by atoms with Crippen LogP contribution in [0.1, 0.15) is 12.5 Å². The summed E-state index contributed by atoms with van der Waals surface area (Å²) < 4.78 is 0. The Morgan fingerprint density at radius 2 is 1.76 bits per heavy atom. The highest BCUT2D eigenvalue weighted by Crippen LogP contribution is 2.08. The van der Waals surface area contributed by atoms with Gasteiger partial charge in [-0.3, -0.25) is 4.79 Å². The molecule has 0 aliphatic heterocycles. The fourth-order valence-corrected chi connectivity index (χ4v) is 1.16. The minimum absolute atomic E-state index is 0.0721. The third-order valence-electron chi connectivity index (χ3n) is 2.12. The molecule has 6 nitrogen and oxygen atoms in total. The number of hydrogen-bond donors (Lipinski definition) is 3. The van der Waals surface area contributed by atoms with Crippen LogP contribution in [-0.4, -0.2) is 27.7 Å². The molecule has 1 amide bonds. The lowest BCUT2D eigenvalue weighted by molar-refractivity contribution is -0.110. The van der Waals surface area contributed by atoms with E-state index < -0.39 is 5.91 Å². The Hall–Kier alpha value is -2.37. The second-order valence-electron chi connectivity index (χ2n) is 3.45. The van der Waals surface area contributed by atoms with Crippen molar-refractivity contribution < 1.29 is 15.2 Å². The predicted molar refractivity (Wildman–Crippen MR) is 63.9 cm³/mol. The average Bonchev–Trinajstić information content (AvgIpc) is 2.32. The monoisotopic (exact) mass is 235 g/mol. The van der Waals surface area contributed by atoms with E-state index in [0.29, 0.717) is 5.69 Å². The first-order valence-corrected chi connectivity index (χ1v) is 4.87. The molecule has 1 rings (SSSR count). The van der Waals surface area contributed by atoms with Gasteiger partial charge in [0.05, 0.1) is 0 Å².